The highest BCUT2D eigenvalue weighted by atomic mass is 32.2. The number of hydrogen-bond donors (Lipinski definition) is 2. The summed E-state index contributed by atoms with van der Waals surface area (Å²) in [6.07, 6.45) is 0.280. The summed E-state index contributed by atoms with van der Waals surface area (Å²) in [5, 5.41) is 11.4. The fourth-order valence-corrected chi connectivity index (χ4v) is 3.25. The Kier molecular flexibility index (Phi) is 5.40. The third-order valence-electron chi connectivity index (χ3n) is 3.57. The molecule has 1 heterocycles. The SMILES string of the molecule is O=[N+]([O-])C1CN(F)CCC1CNNS(=O)(=O)c1ccccc1. The lowest BCUT2D eigenvalue weighted by Crippen LogP contribution is -2.50. The molecule has 0 spiro atoms. The van der Waals surface area contributed by atoms with E-state index in [1.54, 1.807) is 18.2 Å². The molecule has 2 rings (SSSR count). The van der Waals surface area contributed by atoms with E-state index >= 15 is 0 Å². The maximum Gasteiger partial charge on any atom is 0.253 e. The van der Waals surface area contributed by atoms with Crippen molar-refractivity contribution in [2.24, 2.45) is 5.92 Å². The van der Waals surface area contributed by atoms with Gasteiger partial charge in [0.25, 0.3) is 10.0 Å². The van der Waals surface area contributed by atoms with E-state index in [1.807, 2.05) is 0 Å². The van der Waals surface area contributed by atoms with Crippen molar-refractivity contribution in [3.63, 3.8) is 0 Å². The van der Waals surface area contributed by atoms with Crippen LogP contribution >= 0.6 is 0 Å². The first-order valence-electron chi connectivity index (χ1n) is 6.74. The third kappa shape index (κ3) is 4.19. The Hall–Kier alpha value is -1.62. The molecule has 22 heavy (non-hydrogen) atoms. The molecule has 1 aromatic rings. The highest BCUT2D eigenvalue weighted by Gasteiger charge is 2.37. The van der Waals surface area contributed by atoms with E-state index in [-0.39, 0.29) is 31.0 Å². The normalized spacial score (nSPS) is 23.3. The molecule has 8 nitrogen and oxygen atoms in total. The van der Waals surface area contributed by atoms with Crippen molar-refractivity contribution in [2.75, 3.05) is 19.6 Å². The van der Waals surface area contributed by atoms with Crippen LogP contribution in [0, 0.1) is 16.0 Å². The van der Waals surface area contributed by atoms with Gasteiger partial charge in [-0.15, -0.1) is 14.4 Å². The minimum Gasteiger partial charge on any atom is -0.264 e. The second kappa shape index (κ2) is 7.09. The van der Waals surface area contributed by atoms with Crippen molar-refractivity contribution in [3.05, 3.63) is 40.4 Å². The van der Waals surface area contributed by atoms with Crippen molar-refractivity contribution in [3.8, 4) is 0 Å². The summed E-state index contributed by atoms with van der Waals surface area (Å²) in [5.41, 5.74) is 2.51. The highest BCUT2D eigenvalue weighted by Crippen LogP contribution is 2.19. The fourth-order valence-electron chi connectivity index (χ4n) is 2.34. The van der Waals surface area contributed by atoms with Gasteiger partial charge in [0.1, 0.15) is 0 Å². The largest absolute Gasteiger partial charge is 0.264 e. The van der Waals surface area contributed by atoms with Crippen molar-refractivity contribution in [1.29, 1.82) is 0 Å². The zero-order valence-electron chi connectivity index (χ0n) is 11.7. The van der Waals surface area contributed by atoms with Crippen LogP contribution in [-0.4, -0.2) is 44.1 Å². The maximum atomic E-state index is 13.1. The van der Waals surface area contributed by atoms with Crippen LogP contribution in [0.3, 0.4) is 0 Å². The summed E-state index contributed by atoms with van der Waals surface area (Å²) in [6.45, 7) is -0.127. The van der Waals surface area contributed by atoms with Crippen LogP contribution in [0.1, 0.15) is 6.42 Å². The second-order valence-corrected chi connectivity index (χ2v) is 6.75. The first-order valence-corrected chi connectivity index (χ1v) is 8.22. The van der Waals surface area contributed by atoms with Gasteiger partial charge < -0.3 is 0 Å². The second-order valence-electron chi connectivity index (χ2n) is 5.07. The zero-order valence-corrected chi connectivity index (χ0v) is 12.5. The van der Waals surface area contributed by atoms with Gasteiger partial charge in [-0.2, -0.15) is 0 Å². The number of hydrogen-bond acceptors (Lipinski definition) is 6. The summed E-state index contributed by atoms with van der Waals surface area (Å²) in [5.74, 6) is -0.444. The predicted octanol–water partition coefficient (Wildman–Crippen LogP) is 0.321. The molecule has 2 atom stereocenters. The number of piperidine rings is 1. The Morgan fingerprint density at radius 1 is 1.36 bits per heavy atom. The lowest BCUT2D eigenvalue weighted by Gasteiger charge is -2.28. The van der Waals surface area contributed by atoms with E-state index in [4.69, 9.17) is 0 Å². The Balaban J connectivity index is 1.91. The molecule has 0 amide bonds. The van der Waals surface area contributed by atoms with E-state index in [0.717, 1.165) is 0 Å². The molecule has 122 valence electrons. The summed E-state index contributed by atoms with van der Waals surface area (Å²) >= 11 is 0. The summed E-state index contributed by atoms with van der Waals surface area (Å²) < 4.78 is 37.0. The van der Waals surface area contributed by atoms with Crippen LogP contribution in [0.4, 0.5) is 4.48 Å². The number of hydrazine groups is 1. The lowest BCUT2D eigenvalue weighted by atomic mass is 9.93. The maximum absolute atomic E-state index is 13.1. The quantitative estimate of drug-likeness (QED) is 0.442. The van der Waals surface area contributed by atoms with Crippen molar-refractivity contribution >= 4 is 10.0 Å². The summed E-state index contributed by atoms with van der Waals surface area (Å²) in [7, 11) is -3.73. The molecule has 0 radical (unpaired) electrons. The number of benzene rings is 1. The fraction of sp³-hybridized carbons (Fsp3) is 0.500. The molecule has 1 saturated heterocycles. The van der Waals surface area contributed by atoms with Gasteiger partial charge in [-0.3, -0.25) is 10.1 Å². The van der Waals surface area contributed by atoms with Gasteiger partial charge in [-0.25, -0.2) is 13.8 Å². The average molecular weight is 332 g/mol. The predicted molar refractivity (Wildman–Crippen MR) is 76.3 cm³/mol. The molecular weight excluding hydrogens is 315 g/mol. The molecule has 1 aliphatic rings. The van der Waals surface area contributed by atoms with E-state index in [2.05, 4.69) is 10.3 Å². The van der Waals surface area contributed by atoms with Crippen LogP contribution in [-0.2, 0) is 10.0 Å². The summed E-state index contributed by atoms with van der Waals surface area (Å²) in [4.78, 5) is 12.7. The highest BCUT2D eigenvalue weighted by molar-refractivity contribution is 7.89. The Labute approximate surface area is 127 Å². The van der Waals surface area contributed by atoms with Gasteiger partial charge in [0.05, 0.1) is 11.4 Å². The van der Waals surface area contributed by atoms with Gasteiger partial charge in [-0.05, 0) is 18.6 Å². The van der Waals surface area contributed by atoms with Gasteiger partial charge in [0.15, 0.2) is 0 Å². The van der Waals surface area contributed by atoms with Crippen LogP contribution in [0.15, 0.2) is 35.2 Å². The third-order valence-corrected chi connectivity index (χ3v) is 4.87. The number of nitrogens with zero attached hydrogens (tertiary/aromatic N) is 2. The number of nitrogens with one attached hydrogen (secondary N) is 2. The summed E-state index contributed by atoms with van der Waals surface area (Å²) in [6, 6.07) is 6.69. The first-order chi connectivity index (χ1) is 10.4. The molecule has 2 N–H and O–H groups in total. The van der Waals surface area contributed by atoms with Gasteiger partial charge in [0.2, 0.25) is 6.04 Å². The number of nitro groups is 1. The van der Waals surface area contributed by atoms with Gasteiger partial charge in [-0.1, -0.05) is 18.2 Å². The molecule has 1 aliphatic heterocycles. The van der Waals surface area contributed by atoms with Crippen molar-refractivity contribution < 1.29 is 17.8 Å². The van der Waals surface area contributed by atoms with Crippen LogP contribution in [0.25, 0.3) is 0 Å². The minimum absolute atomic E-state index is 0.0611. The number of rotatable bonds is 6. The Morgan fingerprint density at radius 3 is 2.68 bits per heavy atom. The standard InChI is InChI=1S/C12H17FN4O4S/c13-16-7-6-10(12(9-16)17(18)19)8-14-15-22(20,21)11-4-2-1-3-5-11/h1-5,10,12,14-15H,6-9H2. The van der Waals surface area contributed by atoms with Crippen LogP contribution < -0.4 is 10.3 Å². The van der Waals surface area contributed by atoms with E-state index in [9.17, 15) is 23.0 Å². The molecule has 2 unspecified atom stereocenters. The topological polar surface area (TPSA) is 105 Å². The molecule has 1 aromatic carbocycles. The van der Waals surface area contributed by atoms with Crippen molar-refractivity contribution in [1.82, 2.24) is 15.4 Å². The number of halogens is 1. The Bertz CT molecular complexity index is 613. The van der Waals surface area contributed by atoms with Gasteiger partial charge >= 0.3 is 0 Å². The van der Waals surface area contributed by atoms with Crippen LogP contribution in [0.2, 0.25) is 0 Å². The van der Waals surface area contributed by atoms with Crippen molar-refractivity contribution in [2.45, 2.75) is 17.4 Å². The van der Waals surface area contributed by atoms with E-state index in [1.165, 1.54) is 12.1 Å². The first kappa shape index (κ1) is 16.7. The lowest BCUT2D eigenvalue weighted by molar-refractivity contribution is -0.538. The number of sulfonamides is 1. The minimum atomic E-state index is -3.73. The van der Waals surface area contributed by atoms with Crippen LogP contribution in [0.5, 0.6) is 0 Å². The molecule has 0 saturated carbocycles. The smallest absolute Gasteiger partial charge is 0.253 e. The van der Waals surface area contributed by atoms with E-state index in [0.29, 0.717) is 5.12 Å². The molecule has 10 heteroatoms. The van der Waals surface area contributed by atoms with Gasteiger partial charge in [0, 0.05) is 23.9 Å². The zero-order chi connectivity index (χ0) is 16.2. The average Bonchev–Trinajstić information content (AvgIpc) is 2.49. The van der Waals surface area contributed by atoms with E-state index < -0.39 is 26.9 Å². The molecule has 0 bridgehead atoms. The molecule has 0 aromatic heterocycles. The Morgan fingerprint density at radius 2 is 2.05 bits per heavy atom. The monoisotopic (exact) mass is 332 g/mol. The molecule has 1 fully saturated rings. The molecular formula is C12H17FN4O4S. The molecule has 0 aliphatic carbocycles.